The minimum atomic E-state index is -4.76. The van der Waals surface area contributed by atoms with Gasteiger partial charge in [-0.1, -0.05) is 86.8 Å². The Morgan fingerprint density at radius 3 is 2.06 bits per heavy atom. The van der Waals surface area contributed by atoms with E-state index in [1.807, 2.05) is 18.2 Å². The van der Waals surface area contributed by atoms with Crippen molar-refractivity contribution in [1.82, 2.24) is 0 Å². The predicted molar refractivity (Wildman–Crippen MR) is 129 cm³/mol. The summed E-state index contributed by atoms with van der Waals surface area (Å²) in [5.41, 5.74) is 4.21. The molecule has 34 heavy (non-hydrogen) atoms. The number of hydrogen-bond acceptors (Lipinski definition) is 1. The lowest BCUT2D eigenvalue weighted by Crippen LogP contribution is -2.16. The minimum Gasteiger partial charge on any atom is -0.406 e. The van der Waals surface area contributed by atoms with Gasteiger partial charge < -0.3 is 4.74 Å². The van der Waals surface area contributed by atoms with Gasteiger partial charge in [-0.05, 0) is 58.7 Å². The average molecular weight is 467 g/mol. The Kier molecular flexibility index (Phi) is 7.20. The van der Waals surface area contributed by atoms with E-state index in [-0.39, 0.29) is 5.75 Å². The molecule has 0 amide bonds. The maximum absolute atomic E-state index is 15.3. The smallest absolute Gasteiger partial charge is 0.406 e. The molecule has 4 aromatic rings. The summed E-state index contributed by atoms with van der Waals surface area (Å²) >= 11 is 0. The van der Waals surface area contributed by atoms with Crippen molar-refractivity contribution in [2.45, 2.75) is 45.4 Å². The maximum Gasteiger partial charge on any atom is 0.573 e. The Morgan fingerprint density at radius 1 is 0.706 bits per heavy atom. The second-order valence-electron chi connectivity index (χ2n) is 8.44. The van der Waals surface area contributed by atoms with E-state index in [0.717, 1.165) is 22.9 Å². The third-order valence-corrected chi connectivity index (χ3v) is 5.96. The number of aryl methyl sites for hydroxylation is 1. The van der Waals surface area contributed by atoms with Crippen LogP contribution in [0.2, 0.25) is 0 Å². The summed E-state index contributed by atoms with van der Waals surface area (Å²) in [5.74, 6) is -0.745. The van der Waals surface area contributed by atoms with E-state index in [0.29, 0.717) is 16.5 Å². The molecule has 0 aliphatic rings. The van der Waals surface area contributed by atoms with Crippen LogP contribution in [0.5, 0.6) is 5.75 Å². The first-order chi connectivity index (χ1) is 16.3. The third kappa shape index (κ3) is 5.77. The molecule has 0 saturated heterocycles. The van der Waals surface area contributed by atoms with Gasteiger partial charge in [0.2, 0.25) is 0 Å². The molecule has 0 fully saturated rings. The summed E-state index contributed by atoms with van der Waals surface area (Å²) < 4.78 is 56.3. The van der Waals surface area contributed by atoms with Crippen LogP contribution >= 0.6 is 0 Å². The SMILES string of the molecule is CCCCCCc1ccc(-c2ccc3c(F)c(-c4ccc(OC(F)(F)F)cc4)ccc3c2)cc1. The molecular formula is C29H26F4O. The molecule has 1 nitrogen and oxygen atoms in total. The zero-order chi connectivity index (χ0) is 24.1. The van der Waals surface area contributed by atoms with Gasteiger partial charge in [0.25, 0.3) is 0 Å². The monoisotopic (exact) mass is 466 g/mol. The fourth-order valence-electron chi connectivity index (χ4n) is 4.15. The Bertz CT molecular complexity index is 1240. The van der Waals surface area contributed by atoms with E-state index < -0.39 is 12.2 Å². The summed E-state index contributed by atoms with van der Waals surface area (Å²) in [6.45, 7) is 2.21. The summed E-state index contributed by atoms with van der Waals surface area (Å²) in [5, 5.41) is 1.23. The second kappa shape index (κ2) is 10.3. The molecular weight excluding hydrogens is 440 g/mol. The molecule has 0 radical (unpaired) electrons. The van der Waals surface area contributed by atoms with Crippen LogP contribution in [0.1, 0.15) is 38.2 Å². The van der Waals surface area contributed by atoms with Crippen LogP contribution < -0.4 is 4.74 Å². The molecule has 0 unspecified atom stereocenters. The van der Waals surface area contributed by atoms with Crippen molar-refractivity contribution >= 4 is 10.8 Å². The fraction of sp³-hybridized carbons (Fsp3) is 0.241. The Balaban J connectivity index is 1.54. The van der Waals surface area contributed by atoms with Crippen LogP contribution in [0.3, 0.4) is 0 Å². The number of fused-ring (bicyclic) bond motifs is 1. The molecule has 0 aromatic heterocycles. The normalized spacial score (nSPS) is 11.7. The quantitative estimate of drug-likeness (QED) is 0.186. The van der Waals surface area contributed by atoms with Crippen LogP contribution in [0.15, 0.2) is 78.9 Å². The predicted octanol–water partition coefficient (Wildman–Crippen LogP) is 9.33. The highest BCUT2D eigenvalue weighted by atomic mass is 19.4. The average Bonchev–Trinajstić information content (AvgIpc) is 2.82. The molecule has 176 valence electrons. The summed E-state index contributed by atoms with van der Waals surface area (Å²) in [6, 6.07) is 22.8. The Morgan fingerprint density at radius 2 is 1.38 bits per heavy atom. The van der Waals surface area contributed by atoms with E-state index in [1.165, 1.54) is 55.5 Å². The zero-order valence-electron chi connectivity index (χ0n) is 19.0. The van der Waals surface area contributed by atoms with Crippen LogP contribution in [-0.2, 0) is 6.42 Å². The number of unbranched alkanes of at least 4 members (excludes halogenated alkanes) is 3. The number of ether oxygens (including phenoxy) is 1. The number of halogens is 4. The summed E-state index contributed by atoms with van der Waals surface area (Å²) in [7, 11) is 0. The molecule has 0 atom stereocenters. The first kappa shape index (κ1) is 23.8. The molecule has 0 N–H and O–H groups in total. The van der Waals surface area contributed by atoms with Gasteiger partial charge in [0.05, 0.1) is 0 Å². The van der Waals surface area contributed by atoms with E-state index in [9.17, 15) is 13.2 Å². The highest BCUT2D eigenvalue weighted by Crippen LogP contribution is 2.33. The van der Waals surface area contributed by atoms with Gasteiger partial charge in [0, 0.05) is 10.9 Å². The van der Waals surface area contributed by atoms with Crippen molar-refractivity contribution in [1.29, 1.82) is 0 Å². The van der Waals surface area contributed by atoms with Crippen molar-refractivity contribution < 1.29 is 22.3 Å². The first-order valence-corrected chi connectivity index (χ1v) is 11.5. The van der Waals surface area contributed by atoms with Crippen molar-refractivity contribution in [3.63, 3.8) is 0 Å². The van der Waals surface area contributed by atoms with Crippen LogP contribution in [0.25, 0.3) is 33.0 Å². The largest absolute Gasteiger partial charge is 0.573 e. The van der Waals surface area contributed by atoms with Gasteiger partial charge in [-0.3, -0.25) is 0 Å². The second-order valence-corrected chi connectivity index (χ2v) is 8.44. The maximum atomic E-state index is 15.3. The van der Waals surface area contributed by atoms with E-state index in [1.54, 1.807) is 12.1 Å². The molecule has 0 aliphatic carbocycles. The van der Waals surface area contributed by atoms with Gasteiger partial charge >= 0.3 is 6.36 Å². The molecule has 0 saturated carbocycles. The lowest BCUT2D eigenvalue weighted by atomic mass is 9.96. The van der Waals surface area contributed by atoms with Gasteiger partial charge in [0.1, 0.15) is 11.6 Å². The first-order valence-electron chi connectivity index (χ1n) is 11.5. The molecule has 0 aliphatic heterocycles. The number of alkyl halides is 3. The van der Waals surface area contributed by atoms with E-state index >= 15 is 4.39 Å². The number of hydrogen-bond donors (Lipinski definition) is 0. The molecule has 4 rings (SSSR count). The van der Waals surface area contributed by atoms with E-state index in [2.05, 4.69) is 35.9 Å². The van der Waals surface area contributed by atoms with Gasteiger partial charge in [-0.25, -0.2) is 4.39 Å². The van der Waals surface area contributed by atoms with Crippen molar-refractivity contribution in [2.24, 2.45) is 0 Å². The lowest BCUT2D eigenvalue weighted by Gasteiger charge is -2.11. The Hall–Kier alpha value is -3.34. The van der Waals surface area contributed by atoms with Crippen LogP contribution in [0, 0.1) is 5.82 Å². The lowest BCUT2D eigenvalue weighted by molar-refractivity contribution is -0.274. The van der Waals surface area contributed by atoms with Crippen LogP contribution in [0.4, 0.5) is 17.6 Å². The Labute approximate surface area is 197 Å². The highest BCUT2D eigenvalue weighted by molar-refractivity contribution is 5.91. The van der Waals surface area contributed by atoms with E-state index in [4.69, 9.17) is 0 Å². The number of rotatable bonds is 8. The van der Waals surface area contributed by atoms with Crippen molar-refractivity contribution in [2.75, 3.05) is 0 Å². The highest BCUT2D eigenvalue weighted by Gasteiger charge is 2.31. The van der Waals surface area contributed by atoms with Gasteiger partial charge in [-0.15, -0.1) is 13.2 Å². The van der Waals surface area contributed by atoms with Crippen molar-refractivity contribution in [3.8, 4) is 28.0 Å². The molecule has 0 bridgehead atoms. The third-order valence-electron chi connectivity index (χ3n) is 5.96. The van der Waals surface area contributed by atoms with Gasteiger partial charge in [-0.2, -0.15) is 0 Å². The van der Waals surface area contributed by atoms with Crippen molar-refractivity contribution in [3.05, 3.63) is 90.2 Å². The standard InChI is InChI=1S/C29H26F4O/c1-2-3-4-5-6-20-7-9-21(10-8-20)23-13-17-27-24(19-23)14-18-26(28(27)30)22-11-15-25(16-12-22)34-29(31,32)33/h7-19H,2-6H2,1H3. The summed E-state index contributed by atoms with van der Waals surface area (Å²) in [4.78, 5) is 0. The molecule has 5 heteroatoms. The minimum absolute atomic E-state index is 0.325. The molecule has 4 aromatic carbocycles. The molecule has 0 heterocycles. The summed E-state index contributed by atoms with van der Waals surface area (Å²) in [6.07, 6.45) is 1.26. The van der Waals surface area contributed by atoms with Gasteiger partial charge in [0.15, 0.2) is 0 Å². The fourth-order valence-corrected chi connectivity index (χ4v) is 4.15. The topological polar surface area (TPSA) is 9.23 Å². The number of benzene rings is 4. The molecule has 0 spiro atoms. The zero-order valence-corrected chi connectivity index (χ0v) is 19.0. The van der Waals surface area contributed by atoms with Crippen LogP contribution in [-0.4, -0.2) is 6.36 Å².